The van der Waals surface area contributed by atoms with Crippen LogP contribution in [0.1, 0.15) is 32.8 Å². The lowest BCUT2D eigenvalue weighted by Crippen LogP contribution is -2.67. The molecule has 1 aliphatic heterocycles. The minimum Gasteiger partial charge on any atom is -0.460 e. The number of hydrogen-bond acceptors (Lipinski definition) is 6. The van der Waals surface area contributed by atoms with Crippen LogP contribution in [-0.2, 0) is 20.6 Å². The zero-order valence-corrected chi connectivity index (χ0v) is 23.7. The fraction of sp³-hybridized carbons (Fsp3) is 0.387. The van der Waals surface area contributed by atoms with E-state index >= 15 is 0 Å². The van der Waals surface area contributed by atoms with Crippen LogP contribution >= 0.6 is 0 Å². The number of esters is 1. The van der Waals surface area contributed by atoms with Crippen LogP contribution < -0.4 is 26.7 Å². The summed E-state index contributed by atoms with van der Waals surface area (Å²) in [6.45, 7) is 8.85. The Morgan fingerprint density at radius 3 is 2.08 bits per heavy atom. The van der Waals surface area contributed by atoms with Gasteiger partial charge in [0, 0.05) is 25.2 Å². The Labute approximate surface area is 228 Å². The highest BCUT2D eigenvalue weighted by atomic mass is 28.4. The fourth-order valence-corrected chi connectivity index (χ4v) is 9.89. The van der Waals surface area contributed by atoms with Crippen LogP contribution in [0.5, 0.6) is 0 Å². The first kappa shape index (κ1) is 28.2. The molecule has 0 unspecified atom stereocenters. The molecule has 0 aliphatic carbocycles. The van der Waals surface area contributed by atoms with Gasteiger partial charge in [-0.1, -0.05) is 112 Å². The van der Waals surface area contributed by atoms with Gasteiger partial charge in [-0.15, -0.1) is 0 Å². The topological polar surface area (TPSA) is 85.6 Å². The molecule has 202 valence electrons. The summed E-state index contributed by atoms with van der Waals surface area (Å²) >= 11 is 0. The lowest BCUT2D eigenvalue weighted by atomic mass is 10.1. The second kappa shape index (κ2) is 12.8. The smallest absolute Gasteiger partial charge is 0.323 e. The molecule has 1 saturated heterocycles. The summed E-state index contributed by atoms with van der Waals surface area (Å²) in [5.41, 5.74) is 7.57. The molecule has 1 aliphatic rings. The van der Waals surface area contributed by atoms with Crippen molar-refractivity contribution in [1.29, 1.82) is 0 Å². The second-order valence-electron chi connectivity index (χ2n) is 11.1. The number of carbonyl (C=O) groups is 1. The highest BCUT2D eigenvalue weighted by molar-refractivity contribution is 6.99. The van der Waals surface area contributed by atoms with Crippen molar-refractivity contribution in [2.45, 2.75) is 57.0 Å². The van der Waals surface area contributed by atoms with E-state index in [2.05, 4.69) is 79.9 Å². The molecule has 0 bridgehead atoms. The summed E-state index contributed by atoms with van der Waals surface area (Å²) in [5.74, 6) is -0.211. The first-order valence-electron chi connectivity index (χ1n) is 13.5. The normalized spacial score (nSPS) is 18.7. The minimum atomic E-state index is -2.62. The molecule has 3 aromatic rings. The van der Waals surface area contributed by atoms with Crippen molar-refractivity contribution < 1.29 is 14.0 Å². The first-order chi connectivity index (χ1) is 18.3. The van der Waals surface area contributed by atoms with Gasteiger partial charge in [0.25, 0.3) is 8.32 Å². The summed E-state index contributed by atoms with van der Waals surface area (Å²) in [6.07, 6.45) is 0.676. The van der Waals surface area contributed by atoms with E-state index in [1.54, 1.807) is 0 Å². The Bertz CT molecular complexity index is 1100. The minimum absolute atomic E-state index is 0.0917. The van der Waals surface area contributed by atoms with Crippen molar-refractivity contribution >= 4 is 24.7 Å². The van der Waals surface area contributed by atoms with Crippen molar-refractivity contribution in [2.24, 2.45) is 5.73 Å². The third-order valence-corrected chi connectivity index (χ3v) is 12.2. The third-order valence-electron chi connectivity index (χ3n) is 7.24. The van der Waals surface area contributed by atoms with E-state index in [9.17, 15) is 4.79 Å². The van der Waals surface area contributed by atoms with Gasteiger partial charge in [-0.2, -0.15) is 0 Å². The average molecular weight is 532 g/mol. The molecule has 6 nitrogen and oxygen atoms in total. The predicted molar refractivity (Wildman–Crippen MR) is 156 cm³/mol. The number of carbonyl (C=O) groups excluding carboxylic acids is 1. The molecule has 1 fully saturated rings. The maximum absolute atomic E-state index is 12.5. The Morgan fingerprint density at radius 1 is 0.974 bits per heavy atom. The van der Waals surface area contributed by atoms with Crippen LogP contribution in [-0.4, -0.2) is 52.1 Å². The van der Waals surface area contributed by atoms with Gasteiger partial charge in [-0.25, -0.2) is 0 Å². The zero-order chi connectivity index (χ0) is 27.0. The van der Waals surface area contributed by atoms with Crippen LogP contribution in [0, 0.1) is 0 Å². The van der Waals surface area contributed by atoms with Gasteiger partial charge in [0.2, 0.25) is 0 Å². The molecule has 0 saturated carbocycles. The van der Waals surface area contributed by atoms with Gasteiger partial charge < -0.3 is 25.5 Å². The number of hydrogen-bond donors (Lipinski definition) is 3. The van der Waals surface area contributed by atoms with Gasteiger partial charge in [0.15, 0.2) is 0 Å². The van der Waals surface area contributed by atoms with Crippen LogP contribution in [0.25, 0.3) is 0 Å². The first-order valence-corrected chi connectivity index (χ1v) is 15.4. The number of benzene rings is 3. The van der Waals surface area contributed by atoms with E-state index in [-0.39, 0.29) is 29.1 Å². The molecule has 0 amide bonds. The van der Waals surface area contributed by atoms with Crippen LogP contribution in [0.4, 0.5) is 0 Å². The molecule has 38 heavy (non-hydrogen) atoms. The molecule has 0 radical (unpaired) electrons. The second-order valence-corrected chi connectivity index (χ2v) is 15.4. The van der Waals surface area contributed by atoms with Gasteiger partial charge in [-0.3, -0.25) is 4.79 Å². The maximum Gasteiger partial charge on any atom is 0.323 e. The Kier molecular flexibility index (Phi) is 9.52. The predicted octanol–water partition coefficient (Wildman–Crippen LogP) is 2.95. The van der Waals surface area contributed by atoms with E-state index < -0.39 is 8.32 Å². The highest BCUT2D eigenvalue weighted by Crippen LogP contribution is 2.36. The number of ether oxygens (including phenoxy) is 1. The highest BCUT2D eigenvalue weighted by Gasteiger charge is 2.50. The molecule has 4 rings (SSSR count). The van der Waals surface area contributed by atoms with E-state index in [0.717, 1.165) is 5.56 Å². The fourth-order valence-electron chi connectivity index (χ4n) is 5.27. The van der Waals surface area contributed by atoms with Gasteiger partial charge >= 0.3 is 5.97 Å². The Balaban J connectivity index is 1.33. The largest absolute Gasteiger partial charge is 0.460 e. The van der Waals surface area contributed by atoms with E-state index in [1.807, 2.05) is 42.5 Å². The quantitative estimate of drug-likeness (QED) is 0.261. The molecule has 7 heteroatoms. The van der Waals surface area contributed by atoms with Crippen LogP contribution in [0.3, 0.4) is 0 Å². The number of rotatable bonds is 11. The van der Waals surface area contributed by atoms with E-state index in [0.29, 0.717) is 32.7 Å². The molecular weight excluding hydrogens is 490 g/mol. The van der Waals surface area contributed by atoms with Crippen molar-refractivity contribution in [3.63, 3.8) is 0 Å². The Morgan fingerprint density at radius 2 is 1.53 bits per heavy atom. The van der Waals surface area contributed by atoms with Gasteiger partial charge in [0.1, 0.15) is 12.6 Å². The van der Waals surface area contributed by atoms with E-state index in [4.69, 9.17) is 14.9 Å². The summed E-state index contributed by atoms with van der Waals surface area (Å²) in [6, 6.07) is 30.6. The maximum atomic E-state index is 12.5. The standard InChI is InChI=1S/C31H41N3O3Si/c1-31(2,3)38(27-15-9-5-10-16-27,28-17-11-6-12-18-28)37-23-25(32)20-33-26-19-29(34-21-26)30(35)36-22-24-13-7-4-8-14-24/h4-18,25-26,29,33-34H,19-23,32H2,1-3H3/t25-,26-,29-/m0/s1. The molecule has 4 N–H and O–H groups in total. The lowest BCUT2D eigenvalue weighted by Gasteiger charge is -2.43. The van der Waals surface area contributed by atoms with Crippen molar-refractivity contribution in [1.82, 2.24) is 10.6 Å². The molecule has 0 spiro atoms. The molecular formula is C31H41N3O3Si. The summed E-state index contributed by atoms with van der Waals surface area (Å²) in [7, 11) is -2.62. The van der Waals surface area contributed by atoms with Crippen molar-refractivity contribution in [3.8, 4) is 0 Å². The number of nitrogens with one attached hydrogen (secondary N) is 2. The average Bonchev–Trinajstić information content (AvgIpc) is 3.41. The van der Waals surface area contributed by atoms with Crippen molar-refractivity contribution in [2.75, 3.05) is 19.7 Å². The van der Waals surface area contributed by atoms with Gasteiger partial charge in [0.05, 0.1) is 6.61 Å². The molecule has 0 aromatic heterocycles. The lowest BCUT2D eigenvalue weighted by molar-refractivity contribution is -0.147. The summed E-state index contributed by atoms with van der Waals surface area (Å²) in [4.78, 5) is 12.5. The van der Waals surface area contributed by atoms with E-state index in [1.165, 1.54) is 10.4 Å². The number of nitrogens with two attached hydrogens (primary N) is 1. The van der Waals surface area contributed by atoms with Crippen LogP contribution in [0.15, 0.2) is 91.0 Å². The Hall–Kier alpha value is -2.81. The molecule has 3 aromatic carbocycles. The molecule has 1 heterocycles. The van der Waals surface area contributed by atoms with Crippen molar-refractivity contribution in [3.05, 3.63) is 96.6 Å². The summed E-state index contributed by atoms with van der Waals surface area (Å²) in [5, 5.41) is 9.22. The third kappa shape index (κ3) is 6.78. The monoisotopic (exact) mass is 531 g/mol. The summed E-state index contributed by atoms with van der Waals surface area (Å²) < 4.78 is 12.5. The molecule has 3 atom stereocenters. The zero-order valence-electron chi connectivity index (χ0n) is 22.7. The SMILES string of the molecule is CC(C)(C)[Si](OC[C@@H](N)CN[C@@H]1CN[C@H](C(=O)OCc2ccccc2)C1)(c1ccccc1)c1ccccc1. The van der Waals surface area contributed by atoms with Crippen LogP contribution in [0.2, 0.25) is 5.04 Å². The van der Waals surface area contributed by atoms with Gasteiger partial charge in [-0.05, 0) is 27.4 Å².